The molecule has 4 aliphatic rings. The minimum Gasteiger partial charge on any atom is -0.299 e. The van der Waals surface area contributed by atoms with Crippen LogP contribution in [0.25, 0.3) is 0 Å². The van der Waals surface area contributed by atoms with Gasteiger partial charge in [0.2, 0.25) is 11.8 Å². The molecule has 2 amide bonds. The van der Waals surface area contributed by atoms with E-state index < -0.39 is 5.92 Å². The molecule has 2 bridgehead atoms. The summed E-state index contributed by atoms with van der Waals surface area (Å²) in [5, 5.41) is 0. The molecule has 0 spiro atoms. The molecule has 4 heteroatoms. The van der Waals surface area contributed by atoms with Crippen molar-refractivity contribution < 1.29 is 14.4 Å². The maximum atomic E-state index is 12.6. The number of carbonyl (C=O) groups is 3. The Bertz CT molecular complexity index is 609. The zero-order valence-electron chi connectivity index (χ0n) is 11.0. The number of benzene rings is 1. The van der Waals surface area contributed by atoms with Gasteiger partial charge in [0, 0.05) is 12.3 Å². The minimum atomic E-state index is -0.400. The summed E-state index contributed by atoms with van der Waals surface area (Å²) in [5.41, 5.74) is 0.628. The van der Waals surface area contributed by atoms with Crippen molar-refractivity contribution in [3.63, 3.8) is 0 Å². The van der Waals surface area contributed by atoms with E-state index >= 15 is 0 Å². The summed E-state index contributed by atoms with van der Waals surface area (Å²) in [4.78, 5) is 38.6. The molecular weight excluding hydrogens is 254 g/mol. The zero-order valence-corrected chi connectivity index (χ0v) is 11.0. The van der Waals surface area contributed by atoms with Crippen molar-refractivity contribution in [2.75, 3.05) is 4.90 Å². The lowest BCUT2D eigenvalue weighted by Crippen LogP contribution is -2.46. The van der Waals surface area contributed by atoms with Gasteiger partial charge in [0.15, 0.2) is 0 Å². The molecule has 3 aliphatic carbocycles. The fourth-order valence-corrected chi connectivity index (χ4v) is 4.22. The molecule has 0 aromatic heterocycles. The molecule has 0 N–H and O–H groups in total. The van der Waals surface area contributed by atoms with Gasteiger partial charge in [-0.1, -0.05) is 18.2 Å². The van der Waals surface area contributed by atoms with Gasteiger partial charge in [-0.3, -0.25) is 19.3 Å². The molecule has 1 aromatic rings. The Morgan fingerprint density at radius 1 is 0.900 bits per heavy atom. The maximum Gasteiger partial charge on any atom is 0.238 e. The van der Waals surface area contributed by atoms with Crippen molar-refractivity contribution in [2.45, 2.75) is 19.3 Å². The minimum absolute atomic E-state index is 0.0719. The van der Waals surface area contributed by atoms with E-state index in [1.165, 1.54) is 4.90 Å². The first-order valence-corrected chi connectivity index (χ1v) is 7.14. The Hall–Kier alpha value is -1.97. The second-order valence-corrected chi connectivity index (χ2v) is 6.01. The summed E-state index contributed by atoms with van der Waals surface area (Å²) >= 11 is 0. The van der Waals surface area contributed by atoms with Crippen LogP contribution < -0.4 is 4.90 Å². The summed E-state index contributed by atoms with van der Waals surface area (Å²) in [6.45, 7) is 0. The van der Waals surface area contributed by atoms with Crippen LogP contribution in [0.4, 0.5) is 5.69 Å². The van der Waals surface area contributed by atoms with Crippen molar-refractivity contribution >= 4 is 23.3 Å². The first kappa shape index (κ1) is 11.8. The van der Waals surface area contributed by atoms with Crippen molar-refractivity contribution in [2.24, 2.45) is 23.7 Å². The second-order valence-electron chi connectivity index (χ2n) is 6.01. The molecule has 1 heterocycles. The normalized spacial score (nSPS) is 35.6. The van der Waals surface area contributed by atoms with Gasteiger partial charge in [-0.15, -0.1) is 0 Å². The third-order valence-electron chi connectivity index (χ3n) is 5.08. The number of hydrogen-bond donors (Lipinski definition) is 0. The molecule has 1 aromatic carbocycles. The number of imide groups is 1. The lowest BCUT2D eigenvalue weighted by molar-refractivity contribution is -0.143. The summed E-state index contributed by atoms with van der Waals surface area (Å²) in [6.07, 6.45) is 2.15. The van der Waals surface area contributed by atoms with Crippen LogP contribution in [0.15, 0.2) is 30.3 Å². The van der Waals surface area contributed by atoms with E-state index in [1.54, 1.807) is 12.1 Å². The fourth-order valence-electron chi connectivity index (χ4n) is 4.22. The Labute approximate surface area is 116 Å². The number of nitrogens with zero attached hydrogens (tertiary/aromatic N) is 1. The van der Waals surface area contributed by atoms with Gasteiger partial charge in [-0.05, 0) is 30.9 Å². The number of hydrogen-bond acceptors (Lipinski definition) is 3. The Morgan fingerprint density at radius 3 is 2.30 bits per heavy atom. The number of carbonyl (C=O) groups excluding carboxylic acids is 3. The van der Waals surface area contributed by atoms with Gasteiger partial charge in [-0.2, -0.15) is 0 Å². The second kappa shape index (κ2) is 4.01. The highest BCUT2D eigenvalue weighted by Crippen LogP contribution is 2.52. The molecule has 1 saturated heterocycles. The van der Waals surface area contributed by atoms with Crippen LogP contribution in [-0.2, 0) is 14.4 Å². The van der Waals surface area contributed by atoms with E-state index in [4.69, 9.17) is 0 Å². The number of Topliss-reactive ketones (excluding diaryl/α,β-unsaturated/α-hetero) is 1. The van der Waals surface area contributed by atoms with Gasteiger partial charge in [-0.25, -0.2) is 0 Å². The number of fused-ring (bicyclic) bond motifs is 2. The number of anilines is 1. The van der Waals surface area contributed by atoms with Crippen LogP contribution in [-0.4, -0.2) is 17.6 Å². The van der Waals surface area contributed by atoms with Crippen LogP contribution in [0.5, 0.6) is 0 Å². The molecule has 4 nitrogen and oxygen atoms in total. The van der Waals surface area contributed by atoms with Gasteiger partial charge in [0.25, 0.3) is 0 Å². The molecule has 5 rings (SSSR count). The standard InChI is InChI=1S/C16H15NO3/c18-12-8-9-6-7-11(12)14-13(9)15(19)17(16(14)20)10-4-2-1-3-5-10/h1-5,9,11,13-14H,6-8H2/t9-,11+,13+,14-/m0/s1. The molecule has 0 unspecified atom stereocenters. The fraction of sp³-hybridized carbons (Fsp3) is 0.438. The SMILES string of the molecule is O=C1C[C@@H]2CC[C@H]1[C@@H]1C(=O)N(c3ccccc3)C(=O)[C@H]21. The summed E-state index contributed by atoms with van der Waals surface area (Å²) in [7, 11) is 0. The van der Waals surface area contributed by atoms with Gasteiger partial charge in [0.05, 0.1) is 17.5 Å². The lowest BCUT2D eigenvalue weighted by atomic mass is 9.59. The Balaban J connectivity index is 1.78. The van der Waals surface area contributed by atoms with Gasteiger partial charge in [0.1, 0.15) is 5.78 Å². The number of ketones is 1. The predicted octanol–water partition coefficient (Wildman–Crippen LogP) is 1.79. The smallest absolute Gasteiger partial charge is 0.238 e. The monoisotopic (exact) mass is 269 g/mol. The molecule has 4 atom stereocenters. The molecule has 1 aliphatic heterocycles. The van der Waals surface area contributed by atoms with E-state index in [1.807, 2.05) is 18.2 Å². The largest absolute Gasteiger partial charge is 0.299 e. The van der Waals surface area contributed by atoms with Crippen LogP contribution in [0.2, 0.25) is 0 Å². The average Bonchev–Trinajstić information content (AvgIpc) is 2.74. The molecular formula is C16H15NO3. The predicted molar refractivity (Wildman–Crippen MR) is 71.8 cm³/mol. The Morgan fingerprint density at radius 2 is 1.60 bits per heavy atom. The van der Waals surface area contributed by atoms with E-state index in [2.05, 4.69) is 0 Å². The first-order valence-electron chi connectivity index (χ1n) is 7.14. The maximum absolute atomic E-state index is 12.6. The van der Waals surface area contributed by atoms with Crippen LogP contribution in [0.3, 0.4) is 0 Å². The highest BCUT2D eigenvalue weighted by Gasteiger charge is 2.60. The zero-order chi connectivity index (χ0) is 13.9. The molecule has 0 radical (unpaired) electrons. The Kier molecular flexibility index (Phi) is 2.37. The van der Waals surface area contributed by atoms with Crippen molar-refractivity contribution in [1.82, 2.24) is 0 Å². The van der Waals surface area contributed by atoms with E-state index in [0.29, 0.717) is 12.1 Å². The average molecular weight is 269 g/mol. The molecule has 4 fully saturated rings. The highest BCUT2D eigenvalue weighted by molar-refractivity contribution is 6.23. The highest BCUT2D eigenvalue weighted by atomic mass is 16.2. The molecule has 102 valence electrons. The summed E-state index contributed by atoms with van der Waals surface area (Å²) in [5.74, 6) is -0.916. The van der Waals surface area contributed by atoms with Crippen molar-refractivity contribution in [3.8, 4) is 0 Å². The number of rotatable bonds is 1. The van der Waals surface area contributed by atoms with E-state index in [0.717, 1.165) is 12.8 Å². The van der Waals surface area contributed by atoms with Gasteiger partial charge < -0.3 is 0 Å². The van der Waals surface area contributed by atoms with Crippen molar-refractivity contribution in [1.29, 1.82) is 0 Å². The number of amides is 2. The third kappa shape index (κ3) is 1.39. The van der Waals surface area contributed by atoms with Crippen LogP contribution in [0.1, 0.15) is 19.3 Å². The van der Waals surface area contributed by atoms with Crippen LogP contribution >= 0.6 is 0 Å². The quantitative estimate of drug-likeness (QED) is 0.730. The number of para-hydroxylation sites is 1. The van der Waals surface area contributed by atoms with E-state index in [-0.39, 0.29) is 35.4 Å². The lowest BCUT2D eigenvalue weighted by Gasteiger charge is -2.41. The van der Waals surface area contributed by atoms with Crippen molar-refractivity contribution in [3.05, 3.63) is 30.3 Å². The molecule has 20 heavy (non-hydrogen) atoms. The summed E-state index contributed by atoms with van der Waals surface area (Å²) in [6, 6.07) is 9.04. The topological polar surface area (TPSA) is 54.5 Å². The third-order valence-corrected chi connectivity index (χ3v) is 5.08. The van der Waals surface area contributed by atoms with E-state index in [9.17, 15) is 14.4 Å². The molecule has 3 saturated carbocycles. The summed E-state index contributed by atoms with van der Waals surface area (Å²) < 4.78 is 0. The van der Waals surface area contributed by atoms with Gasteiger partial charge >= 0.3 is 0 Å². The van der Waals surface area contributed by atoms with Crippen LogP contribution in [0, 0.1) is 23.7 Å². The first-order chi connectivity index (χ1) is 9.68.